The van der Waals surface area contributed by atoms with E-state index in [2.05, 4.69) is 48.0 Å². The van der Waals surface area contributed by atoms with Gasteiger partial charge in [-0.2, -0.15) is 0 Å². The van der Waals surface area contributed by atoms with Gasteiger partial charge < -0.3 is 15.0 Å². The number of fused-ring (bicyclic) bond motifs is 1. The minimum Gasteiger partial charge on any atom is -0.495 e. The smallest absolute Gasteiger partial charge is 0.141 e. The molecular weight excluding hydrogens is 248 g/mol. The van der Waals surface area contributed by atoms with Crippen LogP contribution in [-0.2, 0) is 6.54 Å². The Kier molecular flexibility index (Phi) is 3.11. The van der Waals surface area contributed by atoms with Gasteiger partial charge in [0.05, 0.1) is 12.8 Å². The van der Waals surface area contributed by atoms with E-state index in [-0.39, 0.29) is 0 Å². The molecule has 1 aromatic heterocycles. The first-order chi connectivity index (χ1) is 9.69. The molecule has 0 atom stereocenters. The fraction of sp³-hybridized carbons (Fsp3) is 0.176. The topological polar surface area (TPSA) is 40.2 Å². The minimum absolute atomic E-state index is 0.678. The zero-order valence-electron chi connectivity index (χ0n) is 11.8. The summed E-state index contributed by atoms with van der Waals surface area (Å²) in [6, 6.07) is 14.5. The molecule has 3 aromatic rings. The lowest BCUT2D eigenvalue weighted by atomic mass is 10.1. The fourth-order valence-corrected chi connectivity index (χ4v) is 2.59. The first-order valence-corrected chi connectivity index (χ1v) is 6.66. The van der Waals surface area contributed by atoms with Gasteiger partial charge in [-0.3, -0.25) is 0 Å². The summed E-state index contributed by atoms with van der Waals surface area (Å²) in [7, 11) is 1.63. The summed E-state index contributed by atoms with van der Waals surface area (Å²) < 4.78 is 7.43. The number of anilines is 1. The van der Waals surface area contributed by atoms with Crippen molar-refractivity contribution in [1.82, 2.24) is 4.57 Å². The molecule has 0 radical (unpaired) electrons. The van der Waals surface area contributed by atoms with Crippen molar-refractivity contribution < 1.29 is 4.74 Å². The first-order valence-electron chi connectivity index (χ1n) is 6.66. The third kappa shape index (κ3) is 2.11. The second-order valence-corrected chi connectivity index (χ2v) is 5.03. The predicted octanol–water partition coefficient (Wildman–Crippen LogP) is 3.59. The number of aromatic nitrogens is 1. The molecule has 3 nitrogen and oxygen atoms in total. The first kappa shape index (κ1) is 12.6. The fourth-order valence-electron chi connectivity index (χ4n) is 2.59. The number of nitrogens with zero attached hydrogens (tertiary/aromatic N) is 1. The molecule has 0 unspecified atom stereocenters. The average Bonchev–Trinajstić information content (AvgIpc) is 2.84. The SMILES string of the molecule is COc1ccc(Cn2ccc3c(C)cccc32)cc1N. The van der Waals surface area contributed by atoms with Crippen LogP contribution in [0.2, 0.25) is 0 Å². The Morgan fingerprint density at radius 1 is 1.15 bits per heavy atom. The Morgan fingerprint density at radius 2 is 2.00 bits per heavy atom. The second kappa shape index (κ2) is 4.93. The standard InChI is InChI=1S/C17H18N2O/c1-12-4-3-5-16-14(12)8-9-19(16)11-13-6-7-17(20-2)15(18)10-13/h3-10H,11,18H2,1-2H3. The molecular formula is C17H18N2O. The Hall–Kier alpha value is -2.42. The van der Waals surface area contributed by atoms with Gasteiger partial charge in [0.1, 0.15) is 5.75 Å². The quantitative estimate of drug-likeness (QED) is 0.736. The van der Waals surface area contributed by atoms with Crippen LogP contribution in [0.1, 0.15) is 11.1 Å². The van der Waals surface area contributed by atoms with Crippen LogP contribution in [0.25, 0.3) is 10.9 Å². The number of rotatable bonds is 3. The van der Waals surface area contributed by atoms with Crippen LogP contribution >= 0.6 is 0 Å². The van der Waals surface area contributed by atoms with Gasteiger partial charge in [-0.05, 0) is 42.3 Å². The molecule has 0 aliphatic rings. The van der Waals surface area contributed by atoms with E-state index in [1.165, 1.54) is 22.0 Å². The van der Waals surface area contributed by atoms with Gasteiger partial charge in [-0.1, -0.05) is 18.2 Å². The summed E-state index contributed by atoms with van der Waals surface area (Å²) in [5, 5.41) is 1.30. The number of methoxy groups -OCH3 is 1. The van der Waals surface area contributed by atoms with Gasteiger partial charge in [0, 0.05) is 23.6 Å². The van der Waals surface area contributed by atoms with E-state index in [0.717, 1.165) is 12.3 Å². The number of benzene rings is 2. The molecule has 3 heteroatoms. The highest BCUT2D eigenvalue weighted by molar-refractivity contribution is 5.83. The van der Waals surface area contributed by atoms with E-state index >= 15 is 0 Å². The highest BCUT2D eigenvalue weighted by Gasteiger charge is 2.05. The van der Waals surface area contributed by atoms with Crippen molar-refractivity contribution in [2.24, 2.45) is 0 Å². The summed E-state index contributed by atoms with van der Waals surface area (Å²) in [6.07, 6.45) is 2.12. The van der Waals surface area contributed by atoms with E-state index in [1.807, 2.05) is 12.1 Å². The molecule has 1 heterocycles. The summed E-state index contributed by atoms with van der Waals surface area (Å²) >= 11 is 0. The van der Waals surface area contributed by atoms with Gasteiger partial charge in [-0.25, -0.2) is 0 Å². The average molecular weight is 266 g/mol. The van der Waals surface area contributed by atoms with Crippen LogP contribution in [0.5, 0.6) is 5.75 Å². The third-order valence-electron chi connectivity index (χ3n) is 3.68. The Morgan fingerprint density at radius 3 is 2.75 bits per heavy atom. The predicted molar refractivity (Wildman–Crippen MR) is 83.2 cm³/mol. The Balaban J connectivity index is 1.97. The highest BCUT2D eigenvalue weighted by atomic mass is 16.5. The van der Waals surface area contributed by atoms with Gasteiger partial charge in [0.25, 0.3) is 0 Å². The summed E-state index contributed by atoms with van der Waals surface area (Å²) in [6.45, 7) is 2.94. The third-order valence-corrected chi connectivity index (χ3v) is 3.68. The van der Waals surface area contributed by atoms with Crippen LogP contribution in [-0.4, -0.2) is 11.7 Å². The van der Waals surface area contributed by atoms with Crippen molar-refractivity contribution in [1.29, 1.82) is 0 Å². The lowest BCUT2D eigenvalue weighted by molar-refractivity contribution is 0.417. The molecule has 0 amide bonds. The number of aryl methyl sites for hydroxylation is 1. The molecule has 0 fully saturated rings. The zero-order valence-corrected chi connectivity index (χ0v) is 11.8. The van der Waals surface area contributed by atoms with Crippen molar-refractivity contribution in [3.8, 4) is 5.75 Å². The molecule has 0 saturated carbocycles. The summed E-state index contributed by atoms with van der Waals surface area (Å²) in [5.74, 6) is 0.724. The molecule has 0 spiro atoms. The Bertz CT molecular complexity index is 759. The van der Waals surface area contributed by atoms with Gasteiger partial charge in [-0.15, -0.1) is 0 Å². The van der Waals surface area contributed by atoms with Gasteiger partial charge >= 0.3 is 0 Å². The molecule has 0 aliphatic heterocycles. The second-order valence-electron chi connectivity index (χ2n) is 5.03. The number of hydrogen-bond donors (Lipinski definition) is 1. The largest absolute Gasteiger partial charge is 0.495 e. The maximum absolute atomic E-state index is 5.96. The van der Waals surface area contributed by atoms with E-state index < -0.39 is 0 Å². The maximum atomic E-state index is 5.96. The normalized spacial score (nSPS) is 10.9. The molecule has 102 valence electrons. The molecule has 2 N–H and O–H groups in total. The molecule has 0 aliphatic carbocycles. The van der Waals surface area contributed by atoms with Crippen LogP contribution in [0.4, 0.5) is 5.69 Å². The van der Waals surface area contributed by atoms with Crippen molar-refractivity contribution in [3.05, 3.63) is 59.8 Å². The van der Waals surface area contributed by atoms with Crippen molar-refractivity contribution in [3.63, 3.8) is 0 Å². The van der Waals surface area contributed by atoms with Crippen LogP contribution in [0, 0.1) is 6.92 Å². The van der Waals surface area contributed by atoms with E-state index in [4.69, 9.17) is 10.5 Å². The lowest BCUT2D eigenvalue weighted by Gasteiger charge is -2.09. The molecule has 20 heavy (non-hydrogen) atoms. The van der Waals surface area contributed by atoms with Crippen molar-refractivity contribution >= 4 is 16.6 Å². The number of ether oxygens (including phenoxy) is 1. The van der Waals surface area contributed by atoms with E-state index in [0.29, 0.717) is 5.69 Å². The molecule has 0 saturated heterocycles. The minimum atomic E-state index is 0.678. The lowest BCUT2D eigenvalue weighted by Crippen LogP contribution is -2.00. The number of nitrogen functional groups attached to an aromatic ring is 1. The van der Waals surface area contributed by atoms with E-state index in [1.54, 1.807) is 7.11 Å². The highest BCUT2D eigenvalue weighted by Crippen LogP contribution is 2.24. The van der Waals surface area contributed by atoms with Crippen LogP contribution in [0.3, 0.4) is 0 Å². The monoisotopic (exact) mass is 266 g/mol. The Labute approximate surface area is 118 Å². The van der Waals surface area contributed by atoms with Crippen LogP contribution in [0.15, 0.2) is 48.7 Å². The molecule has 3 rings (SSSR count). The van der Waals surface area contributed by atoms with Crippen molar-refractivity contribution in [2.45, 2.75) is 13.5 Å². The zero-order chi connectivity index (χ0) is 14.1. The summed E-state index contributed by atoms with van der Waals surface area (Å²) in [4.78, 5) is 0. The maximum Gasteiger partial charge on any atom is 0.141 e. The van der Waals surface area contributed by atoms with Gasteiger partial charge in [0.2, 0.25) is 0 Å². The number of nitrogens with two attached hydrogens (primary N) is 1. The summed E-state index contributed by atoms with van der Waals surface area (Å²) in [5.41, 5.74) is 10.4. The van der Waals surface area contributed by atoms with Crippen molar-refractivity contribution in [2.75, 3.05) is 12.8 Å². The number of hydrogen-bond acceptors (Lipinski definition) is 2. The van der Waals surface area contributed by atoms with Gasteiger partial charge in [0.15, 0.2) is 0 Å². The van der Waals surface area contributed by atoms with E-state index in [9.17, 15) is 0 Å². The van der Waals surface area contributed by atoms with Crippen LogP contribution < -0.4 is 10.5 Å². The molecule has 2 aromatic carbocycles. The molecule has 0 bridgehead atoms.